The lowest BCUT2D eigenvalue weighted by atomic mass is 9.82. The first kappa shape index (κ1) is 9.30. The van der Waals surface area contributed by atoms with Crippen molar-refractivity contribution in [3.63, 3.8) is 0 Å². The van der Waals surface area contributed by atoms with E-state index >= 15 is 0 Å². The zero-order valence-corrected chi connectivity index (χ0v) is 7.57. The van der Waals surface area contributed by atoms with E-state index in [1.807, 2.05) is 0 Å². The van der Waals surface area contributed by atoms with Crippen LogP contribution in [0.25, 0.3) is 0 Å². The summed E-state index contributed by atoms with van der Waals surface area (Å²) in [4.78, 5) is 2.47. The predicted octanol–water partition coefficient (Wildman–Crippen LogP) is 0.886. The summed E-state index contributed by atoms with van der Waals surface area (Å²) in [6.07, 6.45) is 3.77. The lowest BCUT2D eigenvalue weighted by Gasteiger charge is -2.31. The zero-order valence-electron chi connectivity index (χ0n) is 6.75. The highest BCUT2D eigenvalue weighted by molar-refractivity contribution is 5.85. The summed E-state index contributed by atoms with van der Waals surface area (Å²) in [5.41, 5.74) is 0.318. The maximum absolute atomic E-state index is 9.14. The molecule has 2 fully saturated rings. The van der Waals surface area contributed by atoms with E-state index in [9.17, 15) is 0 Å². The molecular weight excluding hydrogens is 162 g/mol. The van der Waals surface area contributed by atoms with Gasteiger partial charge in [-0.1, -0.05) is 0 Å². The van der Waals surface area contributed by atoms with Gasteiger partial charge in [0.1, 0.15) is 0 Å². The molecule has 66 valence electrons. The smallest absolute Gasteiger partial charge is 0.0500 e. The van der Waals surface area contributed by atoms with Gasteiger partial charge in [0.2, 0.25) is 0 Å². The molecule has 2 unspecified atom stereocenters. The molecule has 2 nitrogen and oxygen atoms in total. The Morgan fingerprint density at radius 2 is 2.09 bits per heavy atom. The molecule has 0 saturated carbocycles. The second-order valence-electron chi connectivity index (χ2n) is 3.79. The minimum Gasteiger partial charge on any atom is -0.396 e. The van der Waals surface area contributed by atoms with Crippen LogP contribution in [0.2, 0.25) is 0 Å². The Labute approximate surface area is 74.0 Å². The van der Waals surface area contributed by atoms with Crippen molar-refractivity contribution < 1.29 is 5.11 Å². The highest BCUT2D eigenvalue weighted by Gasteiger charge is 2.39. The number of aliphatic hydroxyl groups excluding tert-OH is 1. The van der Waals surface area contributed by atoms with Gasteiger partial charge in [-0.3, -0.25) is 0 Å². The van der Waals surface area contributed by atoms with Crippen molar-refractivity contribution in [2.24, 2.45) is 5.41 Å². The first-order valence-corrected chi connectivity index (χ1v) is 4.18. The number of aliphatic hydroxyl groups is 1. The summed E-state index contributed by atoms with van der Waals surface area (Å²) in [6.45, 7) is 4.05. The quantitative estimate of drug-likeness (QED) is 0.643. The number of nitrogens with zero attached hydrogens (tertiary/aromatic N) is 1. The van der Waals surface area contributed by atoms with E-state index in [2.05, 4.69) is 4.90 Å². The molecule has 0 radical (unpaired) electrons. The highest BCUT2D eigenvalue weighted by Crippen LogP contribution is 2.38. The Bertz CT molecular complexity index is 138. The van der Waals surface area contributed by atoms with Crippen molar-refractivity contribution in [2.45, 2.75) is 19.3 Å². The summed E-state index contributed by atoms with van der Waals surface area (Å²) >= 11 is 0. The number of piperidine rings is 1. The van der Waals surface area contributed by atoms with Crippen molar-refractivity contribution in [3.8, 4) is 0 Å². The SMILES string of the molecule is Cl.OCC12CCCN(CC1)C2. The van der Waals surface area contributed by atoms with Gasteiger partial charge in [0.15, 0.2) is 0 Å². The molecule has 0 spiro atoms. The minimum atomic E-state index is 0. The molecule has 2 aliphatic heterocycles. The van der Waals surface area contributed by atoms with E-state index in [0.29, 0.717) is 12.0 Å². The Morgan fingerprint density at radius 1 is 1.27 bits per heavy atom. The van der Waals surface area contributed by atoms with E-state index < -0.39 is 0 Å². The summed E-state index contributed by atoms with van der Waals surface area (Å²) in [5.74, 6) is 0. The van der Waals surface area contributed by atoms with Crippen molar-refractivity contribution in [1.29, 1.82) is 0 Å². The fraction of sp³-hybridized carbons (Fsp3) is 1.00. The van der Waals surface area contributed by atoms with Crippen molar-refractivity contribution >= 4 is 12.4 Å². The number of fused-ring (bicyclic) bond motifs is 2. The Morgan fingerprint density at radius 3 is 2.73 bits per heavy atom. The fourth-order valence-electron chi connectivity index (χ4n) is 2.31. The van der Waals surface area contributed by atoms with Crippen molar-refractivity contribution in [3.05, 3.63) is 0 Å². The van der Waals surface area contributed by atoms with Crippen LogP contribution in [0.15, 0.2) is 0 Å². The van der Waals surface area contributed by atoms with Crippen LogP contribution in [-0.2, 0) is 0 Å². The third kappa shape index (κ3) is 1.53. The Balaban J connectivity index is 0.000000605. The maximum Gasteiger partial charge on any atom is 0.0500 e. The van der Waals surface area contributed by atoms with Gasteiger partial charge in [-0.25, -0.2) is 0 Å². The molecule has 2 saturated heterocycles. The normalized spacial score (nSPS) is 41.7. The zero-order chi connectivity index (χ0) is 7.03. The Hall–Kier alpha value is 0.210. The third-order valence-electron chi connectivity index (χ3n) is 3.03. The number of hydrogen-bond donors (Lipinski definition) is 1. The first-order valence-electron chi connectivity index (χ1n) is 4.18. The highest BCUT2D eigenvalue weighted by atomic mass is 35.5. The maximum atomic E-state index is 9.14. The lowest BCUT2D eigenvalue weighted by molar-refractivity contribution is 0.0935. The van der Waals surface area contributed by atoms with E-state index in [0.717, 1.165) is 6.54 Å². The largest absolute Gasteiger partial charge is 0.396 e. The van der Waals surface area contributed by atoms with Gasteiger partial charge in [0, 0.05) is 18.6 Å². The summed E-state index contributed by atoms with van der Waals surface area (Å²) in [7, 11) is 0. The molecule has 11 heavy (non-hydrogen) atoms. The molecule has 0 aromatic carbocycles. The van der Waals surface area contributed by atoms with Gasteiger partial charge in [-0.2, -0.15) is 0 Å². The van der Waals surface area contributed by atoms with Gasteiger partial charge in [0.05, 0.1) is 0 Å². The number of halogens is 1. The van der Waals surface area contributed by atoms with Crippen LogP contribution >= 0.6 is 12.4 Å². The molecule has 2 rings (SSSR count). The van der Waals surface area contributed by atoms with Gasteiger partial charge in [-0.05, 0) is 32.4 Å². The molecule has 1 N–H and O–H groups in total. The molecule has 0 amide bonds. The molecule has 2 aliphatic rings. The Kier molecular flexibility index (Phi) is 2.79. The lowest BCUT2D eigenvalue weighted by Crippen LogP contribution is -2.35. The minimum absolute atomic E-state index is 0. The van der Waals surface area contributed by atoms with Gasteiger partial charge in [0.25, 0.3) is 0 Å². The van der Waals surface area contributed by atoms with Gasteiger partial charge >= 0.3 is 0 Å². The topological polar surface area (TPSA) is 23.5 Å². The first-order chi connectivity index (χ1) is 4.85. The molecule has 2 atom stereocenters. The van der Waals surface area contributed by atoms with Crippen LogP contribution in [0.5, 0.6) is 0 Å². The third-order valence-corrected chi connectivity index (χ3v) is 3.03. The molecule has 2 heterocycles. The number of hydrogen-bond acceptors (Lipinski definition) is 2. The second kappa shape index (κ2) is 3.30. The molecule has 0 aromatic rings. The number of rotatable bonds is 1. The second-order valence-corrected chi connectivity index (χ2v) is 3.79. The summed E-state index contributed by atoms with van der Waals surface area (Å²) in [5, 5.41) is 9.14. The average Bonchev–Trinajstić information content (AvgIpc) is 2.29. The fourth-order valence-corrected chi connectivity index (χ4v) is 2.31. The van der Waals surface area contributed by atoms with Crippen LogP contribution in [0, 0.1) is 5.41 Å². The van der Waals surface area contributed by atoms with Crippen LogP contribution < -0.4 is 0 Å². The van der Waals surface area contributed by atoms with E-state index in [1.54, 1.807) is 0 Å². The van der Waals surface area contributed by atoms with Crippen molar-refractivity contribution in [2.75, 3.05) is 26.2 Å². The standard InChI is InChI=1S/C8H15NO.ClH/c10-7-8-2-1-4-9(6-8)5-3-8;/h10H,1-7H2;1H. The monoisotopic (exact) mass is 177 g/mol. The van der Waals surface area contributed by atoms with Crippen LogP contribution in [0.1, 0.15) is 19.3 Å². The molecule has 3 heteroatoms. The van der Waals surface area contributed by atoms with E-state index in [4.69, 9.17) is 5.11 Å². The molecule has 2 bridgehead atoms. The van der Waals surface area contributed by atoms with E-state index in [-0.39, 0.29) is 12.4 Å². The average molecular weight is 178 g/mol. The molecular formula is C8H16ClNO. The van der Waals surface area contributed by atoms with Crippen LogP contribution in [0.3, 0.4) is 0 Å². The van der Waals surface area contributed by atoms with Crippen molar-refractivity contribution in [1.82, 2.24) is 4.90 Å². The van der Waals surface area contributed by atoms with E-state index in [1.165, 1.54) is 32.4 Å². The van der Waals surface area contributed by atoms with Gasteiger partial charge < -0.3 is 10.0 Å². The van der Waals surface area contributed by atoms with Gasteiger partial charge in [-0.15, -0.1) is 12.4 Å². The van der Waals surface area contributed by atoms with Crippen LogP contribution in [-0.4, -0.2) is 36.2 Å². The van der Waals surface area contributed by atoms with Crippen LogP contribution in [0.4, 0.5) is 0 Å². The summed E-state index contributed by atoms with van der Waals surface area (Å²) < 4.78 is 0. The molecule has 0 aromatic heterocycles. The summed E-state index contributed by atoms with van der Waals surface area (Å²) in [6, 6.07) is 0. The molecule has 0 aliphatic carbocycles. The predicted molar refractivity (Wildman–Crippen MR) is 47.1 cm³/mol.